The number of hydrogen-bond acceptors (Lipinski definition) is 1. The van der Waals surface area contributed by atoms with Gasteiger partial charge in [0.15, 0.2) is 0 Å². The molecule has 1 aromatic carbocycles. The smallest absolute Gasteiger partial charge is 0.310 e. The van der Waals surface area contributed by atoms with E-state index in [0.717, 1.165) is 18.9 Å². The molecule has 1 aliphatic carbocycles. The Balaban J connectivity index is 2.04. The van der Waals surface area contributed by atoms with Crippen LogP contribution in [0.25, 0.3) is 0 Å². The van der Waals surface area contributed by atoms with Crippen LogP contribution in [0.15, 0.2) is 24.3 Å². The minimum atomic E-state index is -4.27. The number of nitrogens with one attached hydrogen (secondary N) is 1. The molecule has 1 aliphatic rings. The van der Waals surface area contributed by atoms with Crippen molar-refractivity contribution in [2.45, 2.75) is 51.9 Å². The van der Waals surface area contributed by atoms with Gasteiger partial charge in [-0.05, 0) is 29.9 Å². The fourth-order valence-corrected chi connectivity index (χ4v) is 3.06. The van der Waals surface area contributed by atoms with Crippen molar-refractivity contribution in [3.05, 3.63) is 35.4 Å². The van der Waals surface area contributed by atoms with Gasteiger partial charge in [0.2, 0.25) is 0 Å². The van der Waals surface area contributed by atoms with Crippen molar-refractivity contribution in [1.29, 1.82) is 0 Å². The molecule has 1 aromatic rings. The molecule has 0 amide bonds. The third-order valence-corrected chi connectivity index (χ3v) is 4.58. The van der Waals surface area contributed by atoms with Crippen LogP contribution in [0.4, 0.5) is 13.2 Å². The highest BCUT2D eigenvalue weighted by Gasteiger charge is 2.33. The summed E-state index contributed by atoms with van der Waals surface area (Å²) in [6.07, 6.45) is -0.841. The van der Waals surface area contributed by atoms with Gasteiger partial charge in [-0.25, -0.2) is 0 Å². The van der Waals surface area contributed by atoms with E-state index in [9.17, 15) is 13.2 Å². The summed E-state index contributed by atoms with van der Waals surface area (Å²) in [7, 11) is 0. The summed E-state index contributed by atoms with van der Waals surface area (Å²) in [5, 5.41) is 3.33. The Morgan fingerprint density at radius 3 is 2.55 bits per heavy atom. The Hall–Kier alpha value is -1.03. The highest BCUT2D eigenvalue weighted by atomic mass is 19.4. The van der Waals surface area contributed by atoms with Crippen molar-refractivity contribution in [1.82, 2.24) is 5.32 Å². The van der Waals surface area contributed by atoms with Crippen LogP contribution < -0.4 is 5.32 Å². The van der Waals surface area contributed by atoms with Crippen LogP contribution in [0, 0.1) is 11.8 Å². The predicted octanol–water partition coefficient (Wildman–Crippen LogP) is 4.62. The first kappa shape index (κ1) is 15.4. The normalized spacial score (nSPS) is 27.6. The third-order valence-electron chi connectivity index (χ3n) is 4.58. The first-order chi connectivity index (χ1) is 9.39. The molecule has 2 rings (SSSR count). The van der Waals surface area contributed by atoms with Gasteiger partial charge in [0.05, 0.1) is 5.56 Å². The molecule has 0 spiro atoms. The minimum Gasteiger partial charge on any atom is -0.310 e. The van der Waals surface area contributed by atoms with Crippen LogP contribution in [-0.4, -0.2) is 6.04 Å². The standard InChI is InChI=1S/C16H22F3N/c1-11-6-5-9-15(12(11)2)20-10-13-7-3-4-8-14(13)16(17,18)19/h3-4,7-8,11-12,15,20H,5-6,9-10H2,1-2H3. The molecule has 0 saturated heterocycles. The Morgan fingerprint density at radius 2 is 1.85 bits per heavy atom. The molecule has 3 atom stereocenters. The Morgan fingerprint density at radius 1 is 1.15 bits per heavy atom. The third kappa shape index (κ3) is 3.54. The molecule has 112 valence electrons. The monoisotopic (exact) mass is 285 g/mol. The second kappa shape index (κ2) is 6.17. The fourth-order valence-electron chi connectivity index (χ4n) is 3.06. The van der Waals surface area contributed by atoms with Gasteiger partial charge in [-0.1, -0.05) is 44.9 Å². The Labute approximate surface area is 118 Å². The maximum Gasteiger partial charge on any atom is 0.416 e. The molecule has 0 radical (unpaired) electrons. The Kier molecular flexibility index (Phi) is 4.74. The van der Waals surface area contributed by atoms with Gasteiger partial charge >= 0.3 is 6.18 Å². The highest BCUT2D eigenvalue weighted by Crippen LogP contribution is 2.33. The number of rotatable bonds is 3. The lowest BCUT2D eigenvalue weighted by atomic mass is 9.78. The average molecular weight is 285 g/mol. The summed E-state index contributed by atoms with van der Waals surface area (Å²) in [4.78, 5) is 0. The maximum atomic E-state index is 12.9. The molecule has 1 N–H and O–H groups in total. The Bertz CT molecular complexity index is 442. The summed E-state index contributed by atoms with van der Waals surface area (Å²) in [6.45, 7) is 4.71. The largest absolute Gasteiger partial charge is 0.416 e. The molecular formula is C16H22F3N. The van der Waals surface area contributed by atoms with E-state index in [1.165, 1.54) is 12.5 Å². The van der Waals surface area contributed by atoms with Crippen molar-refractivity contribution in [2.75, 3.05) is 0 Å². The molecule has 1 fully saturated rings. The molecule has 0 heterocycles. The van der Waals surface area contributed by atoms with Crippen LogP contribution in [0.2, 0.25) is 0 Å². The zero-order valence-electron chi connectivity index (χ0n) is 12.0. The van der Waals surface area contributed by atoms with E-state index in [-0.39, 0.29) is 6.54 Å². The molecule has 1 nitrogen and oxygen atoms in total. The van der Waals surface area contributed by atoms with Gasteiger partial charge in [0.25, 0.3) is 0 Å². The lowest BCUT2D eigenvalue weighted by Crippen LogP contribution is -2.40. The van der Waals surface area contributed by atoms with E-state index in [0.29, 0.717) is 23.4 Å². The lowest BCUT2D eigenvalue weighted by molar-refractivity contribution is -0.138. The molecule has 3 unspecified atom stereocenters. The lowest BCUT2D eigenvalue weighted by Gasteiger charge is -2.35. The van der Waals surface area contributed by atoms with Gasteiger partial charge in [-0.2, -0.15) is 13.2 Å². The molecule has 0 bridgehead atoms. The van der Waals surface area contributed by atoms with Crippen LogP contribution >= 0.6 is 0 Å². The van der Waals surface area contributed by atoms with E-state index < -0.39 is 11.7 Å². The molecule has 4 heteroatoms. The first-order valence-electron chi connectivity index (χ1n) is 7.28. The zero-order chi connectivity index (χ0) is 14.8. The van der Waals surface area contributed by atoms with E-state index in [4.69, 9.17) is 0 Å². The van der Waals surface area contributed by atoms with Gasteiger partial charge < -0.3 is 5.32 Å². The number of alkyl halides is 3. The van der Waals surface area contributed by atoms with Crippen LogP contribution in [0.3, 0.4) is 0 Å². The summed E-state index contributed by atoms with van der Waals surface area (Å²) in [6, 6.07) is 6.15. The topological polar surface area (TPSA) is 12.0 Å². The van der Waals surface area contributed by atoms with Crippen molar-refractivity contribution in [3.63, 3.8) is 0 Å². The van der Waals surface area contributed by atoms with Gasteiger partial charge in [-0.15, -0.1) is 0 Å². The summed E-state index contributed by atoms with van der Waals surface area (Å²) in [5.41, 5.74) is -0.186. The van der Waals surface area contributed by atoms with Crippen molar-refractivity contribution in [2.24, 2.45) is 11.8 Å². The predicted molar refractivity (Wildman–Crippen MR) is 74.3 cm³/mol. The van der Waals surface area contributed by atoms with Crippen molar-refractivity contribution >= 4 is 0 Å². The van der Waals surface area contributed by atoms with Crippen molar-refractivity contribution in [3.8, 4) is 0 Å². The van der Waals surface area contributed by atoms with Crippen LogP contribution in [0.5, 0.6) is 0 Å². The van der Waals surface area contributed by atoms with E-state index >= 15 is 0 Å². The quantitative estimate of drug-likeness (QED) is 0.854. The molecule has 20 heavy (non-hydrogen) atoms. The SMILES string of the molecule is CC1CCCC(NCc2ccccc2C(F)(F)F)C1C. The summed E-state index contributed by atoms with van der Waals surface area (Å²) in [5.74, 6) is 1.15. The number of benzene rings is 1. The second-order valence-corrected chi connectivity index (χ2v) is 5.91. The molecule has 1 saturated carbocycles. The maximum absolute atomic E-state index is 12.9. The van der Waals surface area contributed by atoms with E-state index in [1.54, 1.807) is 12.1 Å². The van der Waals surface area contributed by atoms with Gasteiger partial charge in [-0.3, -0.25) is 0 Å². The molecular weight excluding hydrogens is 263 g/mol. The summed E-state index contributed by atoms with van der Waals surface area (Å²) < 4.78 is 38.8. The van der Waals surface area contributed by atoms with Crippen LogP contribution in [0.1, 0.15) is 44.2 Å². The van der Waals surface area contributed by atoms with Crippen molar-refractivity contribution < 1.29 is 13.2 Å². The number of halogens is 3. The number of hydrogen-bond donors (Lipinski definition) is 1. The van der Waals surface area contributed by atoms with E-state index in [1.807, 2.05) is 0 Å². The zero-order valence-corrected chi connectivity index (χ0v) is 12.0. The molecule has 0 aromatic heterocycles. The summed E-state index contributed by atoms with van der Waals surface area (Å²) >= 11 is 0. The fraction of sp³-hybridized carbons (Fsp3) is 0.625. The first-order valence-corrected chi connectivity index (χ1v) is 7.28. The van der Waals surface area contributed by atoms with Gasteiger partial charge in [0, 0.05) is 12.6 Å². The van der Waals surface area contributed by atoms with Gasteiger partial charge in [0.1, 0.15) is 0 Å². The second-order valence-electron chi connectivity index (χ2n) is 5.91. The minimum absolute atomic E-state index is 0.289. The van der Waals surface area contributed by atoms with E-state index in [2.05, 4.69) is 19.2 Å². The highest BCUT2D eigenvalue weighted by molar-refractivity contribution is 5.29. The average Bonchev–Trinajstić information content (AvgIpc) is 2.40. The molecule has 0 aliphatic heterocycles. The van der Waals surface area contributed by atoms with Crippen LogP contribution in [-0.2, 0) is 12.7 Å².